The summed E-state index contributed by atoms with van der Waals surface area (Å²) in [6.45, 7) is 1.18. The summed E-state index contributed by atoms with van der Waals surface area (Å²) >= 11 is 0.711. The molecule has 164 valence electrons. The van der Waals surface area contributed by atoms with Crippen LogP contribution in [0.2, 0.25) is 5.02 Å². The molecule has 1 aliphatic carbocycles. The fraction of sp³-hybridized carbons (Fsp3) is 0.0455. The number of aromatic hydroxyl groups is 1. The average Bonchev–Trinajstić information content (AvgIpc) is 2.73. The Balaban J connectivity index is 0.000000183. The number of carbonyl (C=O) groups excluding carboxylic acids is 3. The molecule has 0 aromatic heterocycles. The SMILES string of the molecule is CC(=O)Nc1c(O)cccc1[As](=O)(O)O.O=C1c2ccccc2C(=O)c2cc(Cl)ccc21. The second-order valence-electron chi connectivity index (χ2n) is 6.79. The van der Waals surface area contributed by atoms with E-state index in [0.717, 1.165) is 0 Å². The van der Waals surface area contributed by atoms with E-state index in [2.05, 4.69) is 5.32 Å². The zero-order chi connectivity index (χ0) is 23.6. The van der Waals surface area contributed by atoms with Crippen LogP contribution in [0.1, 0.15) is 38.8 Å². The van der Waals surface area contributed by atoms with Gasteiger partial charge in [0.25, 0.3) is 0 Å². The number of rotatable bonds is 2. The summed E-state index contributed by atoms with van der Waals surface area (Å²) in [7, 11) is 0. The number of benzene rings is 3. The van der Waals surface area contributed by atoms with E-state index in [4.69, 9.17) is 19.8 Å². The number of halogens is 1. The molecule has 1 aliphatic rings. The summed E-state index contributed by atoms with van der Waals surface area (Å²) in [5.74, 6) is -1.14. The number of nitrogens with one attached hydrogen (secondary N) is 1. The molecule has 0 saturated heterocycles. The third kappa shape index (κ3) is 4.84. The fourth-order valence-electron chi connectivity index (χ4n) is 3.15. The maximum atomic E-state index is 12.2. The number of para-hydroxylation sites is 1. The molecule has 10 heteroatoms. The van der Waals surface area contributed by atoms with E-state index >= 15 is 0 Å². The van der Waals surface area contributed by atoms with Crippen LogP contribution < -0.4 is 9.67 Å². The van der Waals surface area contributed by atoms with Crippen LogP contribution in [0.5, 0.6) is 5.75 Å². The summed E-state index contributed by atoms with van der Waals surface area (Å²) in [6, 6.07) is 15.3. The van der Waals surface area contributed by atoms with Crippen LogP contribution in [0.4, 0.5) is 5.69 Å². The van der Waals surface area contributed by atoms with Gasteiger partial charge in [0.1, 0.15) is 0 Å². The predicted molar refractivity (Wildman–Crippen MR) is 118 cm³/mol. The van der Waals surface area contributed by atoms with E-state index in [0.29, 0.717) is 27.3 Å². The fourth-order valence-corrected chi connectivity index (χ4v) is 4.88. The van der Waals surface area contributed by atoms with Crippen molar-refractivity contribution in [2.45, 2.75) is 6.92 Å². The molecule has 4 N–H and O–H groups in total. The Kier molecular flexibility index (Phi) is 6.71. The molecule has 4 rings (SSSR count). The Morgan fingerprint density at radius 2 is 1.44 bits per heavy atom. The van der Waals surface area contributed by atoms with Crippen LogP contribution >= 0.6 is 11.6 Å². The predicted octanol–water partition coefficient (Wildman–Crippen LogP) is 2.03. The van der Waals surface area contributed by atoms with Crippen molar-refractivity contribution >= 4 is 53.3 Å². The second-order valence-corrected chi connectivity index (χ2v) is 10.5. The van der Waals surface area contributed by atoms with Crippen molar-refractivity contribution in [1.29, 1.82) is 0 Å². The van der Waals surface area contributed by atoms with Crippen LogP contribution in [-0.2, 0) is 8.53 Å². The van der Waals surface area contributed by atoms with Crippen LogP contribution in [0.3, 0.4) is 0 Å². The van der Waals surface area contributed by atoms with Crippen LogP contribution in [-0.4, -0.2) is 44.9 Å². The molecule has 1 amide bonds. The van der Waals surface area contributed by atoms with Gasteiger partial charge in [-0.1, -0.05) is 35.9 Å². The molecule has 3 aromatic rings. The first kappa shape index (κ1) is 23.5. The van der Waals surface area contributed by atoms with Crippen LogP contribution in [0, 0.1) is 0 Å². The zero-order valence-electron chi connectivity index (χ0n) is 16.6. The Morgan fingerprint density at radius 3 is 2.00 bits per heavy atom. The van der Waals surface area contributed by atoms with E-state index < -0.39 is 20.1 Å². The third-order valence-corrected chi connectivity index (χ3v) is 6.86. The van der Waals surface area contributed by atoms with Gasteiger partial charge in [0.05, 0.1) is 0 Å². The van der Waals surface area contributed by atoms with Gasteiger partial charge in [0.15, 0.2) is 11.6 Å². The molecule has 0 aliphatic heterocycles. The molecule has 0 radical (unpaired) electrons. The second kappa shape index (κ2) is 9.14. The van der Waals surface area contributed by atoms with Crippen LogP contribution in [0.25, 0.3) is 0 Å². The Morgan fingerprint density at radius 1 is 0.875 bits per heavy atom. The van der Waals surface area contributed by atoms with E-state index in [1.165, 1.54) is 25.1 Å². The van der Waals surface area contributed by atoms with Crippen molar-refractivity contribution in [3.8, 4) is 5.75 Å². The summed E-state index contributed by atoms with van der Waals surface area (Å²) in [5, 5.41) is 12.0. The van der Waals surface area contributed by atoms with Crippen molar-refractivity contribution < 1.29 is 31.4 Å². The van der Waals surface area contributed by atoms with E-state index in [1.54, 1.807) is 42.5 Å². The van der Waals surface area contributed by atoms with Crippen molar-refractivity contribution in [3.63, 3.8) is 0 Å². The Hall–Kier alpha value is -3.16. The summed E-state index contributed by atoms with van der Waals surface area (Å²) in [5.41, 5.74) is 1.51. The van der Waals surface area contributed by atoms with Crippen molar-refractivity contribution in [2.75, 3.05) is 5.32 Å². The standard InChI is InChI=1S/C14H7ClO2.C8H10AsNO5/c15-8-5-6-11-12(7-8)14(17)10-4-2-1-3-9(10)13(11)16;1-5(11)10-8-6(9(13,14)15)3-2-4-7(8)12/h1-7H;2-4,12H,1H3,(H,10,11)(H2,13,14,15). The number of amides is 1. The first-order chi connectivity index (χ1) is 15.0. The zero-order valence-corrected chi connectivity index (χ0v) is 19.2. The molecule has 0 saturated carbocycles. The summed E-state index contributed by atoms with van der Waals surface area (Å²) < 4.78 is 28.8. The Labute approximate surface area is 190 Å². The maximum Gasteiger partial charge on any atom is 0.194 e. The smallest absolute Gasteiger partial charge is 0.194 e. The van der Waals surface area contributed by atoms with Gasteiger partial charge < -0.3 is 0 Å². The van der Waals surface area contributed by atoms with Gasteiger partial charge in [-0.3, -0.25) is 9.59 Å². The first-order valence-corrected chi connectivity index (χ1v) is 12.9. The summed E-state index contributed by atoms with van der Waals surface area (Å²) in [4.78, 5) is 35.1. The third-order valence-electron chi connectivity index (χ3n) is 4.52. The summed E-state index contributed by atoms with van der Waals surface area (Å²) in [6.07, 6.45) is 0. The maximum absolute atomic E-state index is 12.2. The molecule has 0 unspecified atom stereocenters. The van der Waals surface area contributed by atoms with Gasteiger partial charge in [-0.2, -0.15) is 0 Å². The van der Waals surface area contributed by atoms with Crippen LogP contribution in [0.15, 0.2) is 60.7 Å². The van der Waals surface area contributed by atoms with Gasteiger partial charge >= 0.3 is 88.1 Å². The van der Waals surface area contributed by atoms with Gasteiger partial charge in [-0.15, -0.1) is 0 Å². The number of phenolic OH excluding ortho intramolecular Hbond substituents is 1. The number of ketones is 2. The number of hydrogen-bond donors (Lipinski definition) is 4. The minimum atomic E-state index is -5.14. The molecule has 8 nitrogen and oxygen atoms in total. The number of phenols is 1. The van der Waals surface area contributed by atoms with E-state index in [-0.39, 0.29) is 27.4 Å². The van der Waals surface area contributed by atoms with Gasteiger partial charge in [0, 0.05) is 27.3 Å². The topological polar surface area (TPSA) is 141 Å². The average molecular weight is 518 g/mol. The van der Waals surface area contributed by atoms with E-state index in [9.17, 15) is 23.2 Å². The molecule has 0 fully saturated rings. The quantitative estimate of drug-likeness (QED) is 0.235. The normalized spacial score (nSPS) is 12.2. The van der Waals surface area contributed by atoms with Crippen molar-refractivity contribution in [2.24, 2.45) is 0 Å². The number of fused-ring (bicyclic) bond motifs is 2. The van der Waals surface area contributed by atoms with Crippen molar-refractivity contribution in [1.82, 2.24) is 0 Å². The molecule has 0 spiro atoms. The molecule has 0 heterocycles. The van der Waals surface area contributed by atoms with Gasteiger partial charge in [0.2, 0.25) is 0 Å². The van der Waals surface area contributed by atoms with E-state index in [1.807, 2.05) is 0 Å². The molecule has 0 bridgehead atoms. The minimum absolute atomic E-state index is 0.119. The molecule has 0 atom stereocenters. The van der Waals surface area contributed by atoms with Crippen molar-refractivity contribution in [3.05, 3.63) is 87.9 Å². The monoisotopic (exact) mass is 517 g/mol. The van der Waals surface area contributed by atoms with Gasteiger partial charge in [-0.05, 0) is 18.2 Å². The molecular formula is C22H17AsClNO7. The first-order valence-electron chi connectivity index (χ1n) is 9.14. The molecular weight excluding hydrogens is 501 g/mol. The Bertz CT molecular complexity index is 1300. The minimum Gasteiger partial charge on any atom is -0.289 e. The number of carbonyl (C=O) groups is 3. The molecule has 32 heavy (non-hydrogen) atoms. The van der Waals surface area contributed by atoms with Gasteiger partial charge in [-0.25, -0.2) is 0 Å². The largest absolute Gasteiger partial charge is 0.289 e. The number of anilines is 1. The number of hydrogen-bond acceptors (Lipinski definition) is 5. The molecule has 3 aromatic carbocycles.